The fourth-order valence-corrected chi connectivity index (χ4v) is 4.33. The maximum Gasteiger partial charge on any atom is 0.273 e. The third kappa shape index (κ3) is 6.66. The first-order valence-electron chi connectivity index (χ1n) is 12.1. The number of hydrogen-bond acceptors (Lipinski definition) is 6. The third-order valence-corrected chi connectivity index (χ3v) is 6.13. The van der Waals surface area contributed by atoms with Crippen molar-refractivity contribution >= 4 is 11.8 Å². The van der Waals surface area contributed by atoms with Gasteiger partial charge in [0, 0.05) is 25.3 Å². The second-order valence-electron chi connectivity index (χ2n) is 8.99. The number of ether oxygens (including phenoxy) is 2. The van der Waals surface area contributed by atoms with E-state index in [1.54, 1.807) is 29.9 Å². The number of carbonyl (C=O) groups excluding carboxylic acids is 2. The van der Waals surface area contributed by atoms with E-state index >= 15 is 0 Å². The highest BCUT2D eigenvalue weighted by Gasteiger charge is 2.32. The van der Waals surface area contributed by atoms with Gasteiger partial charge in [-0.3, -0.25) is 9.59 Å². The average molecular weight is 489 g/mol. The highest BCUT2D eigenvalue weighted by molar-refractivity contribution is 5.95. The molecule has 1 aliphatic heterocycles. The molecule has 0 bridgehead atoms. The van der Waals surface area contributed by atoms with E-state index in [0.717, 1.165) is 23.3 Å². The number of aryl methyl sites for hydroxylation is 2. The van der Waals surface area contributed by atoms with Crippen molar-refractivity contribution in [2.45, 2.75) is 33.0 Å². The quantitative estimate of drug-likeness (QED) is 0.484. The molecule has 8 nitrogen and oxygen atoms in total. The van der Waals surface area contributed by atoms with Crippen LogP contribution in [0.1, 0.15) is 33.1 Å². The summed E-state index contributed by atoms with van der Waals surface area (Å²) in [5.41, 5.74) is 3.11. The van der Waals surface area contributed by atoms with Crippen LogP contribution in [0.25, 0.3) is 0 Å². The highest BCUT2D eigenvalue weighted by atomic mass is 16.5. The van der Waals surface area contributed by atoms with E-state index in [1.165, 1.54) is 0 Å². The molecule has 0 saturated carbocycles. The fourth-order valence-electron chi connectivity index (χ4n) is 4.33. The first-order chi connectivity index (χ1) is 17.4. The Kier molecular flexibility index (Phi) is 8.28. The number of hydrogen-bond donors (Lipinski definition) is 0. The minimum atomic E-state index is -0.355. The van der Waals surface area contributed by atoms with Crippen molar-refractivity contribution in [3.05, 3.63) is 89.0 Å². The molecule has 0 radical (unpaired) electrons. The molecular weight excluding hydrogens is 456 g/mol. The number of benzene rings is 2. The summed E-state index contributed by atoms with van der Waals surface area (Å²) in [6.45, 7) is 5.15. The normalized spacial score (nSPS) is 16.1. The van der Waals surface area contributed by atoms with E-state index in [-0.39, 0.29) is 30.2 Å². The maximum atomic E-state index is 13.4. The summed E-state index contributed by atoms with van der Waals surface area (Å²) >= 11 is 0. The topological polar surface area (TPSA) is 84.9 Å². The van der Waals surface area contributed by atoms with Gasteiger partial charge in [-0.05, 0) is 49.6 Å². The van der Waals surface area contributed by atoms with Gasteiger partial charge in [-0.1, -0.05) is 42.5 Å². The smallest absolute Gasteiger partial charge is 0.273 e. The lowest BCUT2D eigenvalue weighted by atomic mass is 10.1. The lowest BCUT2D eigenvalue weighted by Crippen LogP contribution is -2.40. The molecule has 1 fully saturated rings. The number of carbonyl (C=O) groups is 2. The molecule has 1 aliphatic rings. The Morgan fingerprint density at radius 2 is 1.78 bits per heavy atom. The Balaban J connectivity index is 1.52. The predicted molar refractivity (Wildman–Crippen MR) is 136 cm³/mol. The van der Waals surface area contributed by atoms with Crippen molar-refractivity contribution in [3.63, 3.8) is 0 Å². The molecular formula is C28H32N4O4. The predicted octanol–water partition coefficient (Wildman–Crippen LogP) is 3.21. The molecule has 2 amide bonds. The minimum Gasteiger partial charge on any atom is -0.497 e. The lowest BCUT2D eigenvalue weighted by molar-refractivity contribution is -0.131. The van der Waals surface area contributed by atoms with Crippen LogP contribution in [-0.2, 0) is 22.6 Å². The van der Waals surface area contributed by atoms with E-state index in [9.17, 15) is 9.59 Å². The van der Waals surface area contributed by atoms with Gasteiger partial charge in [0.1, 0.15) is 23.8 Å². The van der Waals surface area contributed by atoms with Crippen molar-refractivity contribution in [2.24, 2.45) is 0 Å². The van der Waals surface area contributed by atoms with Gasteiger partial charge >= 0.3 is 0 Å². The number of amides is 2. The Hall–Kier alpha value is -3.78. The van der Waals surface area contributed by atoms with Crippen molar-refractivity contribution in [1.29, 1.82) is 0 Å². The largest absolute Gasteiger partial charge is 0.497 e. The molecule has 36 heavy (non-hydrogen) atoms. The summed E-state index contributed by atoms with van der Waals surface area (Å²) in [6.07, 6.45) is 0.374. The van der Waals surface area contributed by atoms with Gasteiger partial charge < -0.3 is 19.3 Å². The van der Waals surface area contributed by atoms with Gasteiger partial charge in [-0.2, -0.15) is 0 Å². The molecule has 1 aromatic heterocycles. The average Bonchev–Trinajstić information content (AvgIpc) is 3.04. The number of methoxy groups -OCH3 is 1. The van der Waals surface area contributed by atoms with Crippen molar-refractivity contribution in [1.82, 2.24) is 19.8 Å². The molecule has 2 aromatic carbocycles. The lowest BCUT2D eigenvalue weighted by Gasteiger charge is -2.25. The van der Waals surface area contributed by atoms with Gasteiger partial charge in [-0.15, -0.1) is 0 Å². The zero-order valence-corrected chi connectivity index (χ0v) is 21.0. The van der Waals surface area contributed by atoms with Gasteiger partial charge in [0.15, 0.2) is 0 Å². The molecule has 0 unspecified atom stereocenters. The standard InChI is InChI=1S/C28H32N4O4/c1-20-14-26(30-21(2)29-20)28(34)32-17-25(36-19-23-10-7-11-24(15-23)35-3)16-31(27(33)18-32)13-12-22-8-5-4-6-9-22/h4-11,14-15,25H,12-13,16-19H2,1-3H3/t25-/m0/s1. The second-order valence-corrected chi connectivity index (χ2v) is 8.99. The van der Waals surface area contributed by atoms with Crippen molar-refractivity contribution in [2.75, 3.05) is 33.3 Å². The first-order valence-corrected chi connectivity index (χ1v) is 12.1. The van der Waals surface area contributed by atoms with Crippen molar-refractivity contribution < 1.29 is 19.1 Å². The van der Waals surface area contributed by atoms with Crippen LogP contribution < -0.4 is 4.74 Å². The Morgan fingerprint density at radius 3 is 2.53 bits per heavy atom. The summed E-state index contributed by atoms with van der Waals surface area (Å²) in [5, 5.41) is 0. The third-order valence-electron chi connectivity index (χ3n) is 6.13. The second kappa shape index (κ2) is 11.8. The SMILES string of the molecule is COc1cccc(CO[C@H]2CN(CCc3ccccc3)C(=O)CN(C(=O)c3cc(C)nc(C)n3)C2)c1. The number of nitrogens with zero attached hydrogens (tertiary/aromatic N) is 4. The van der Waals surface area contributed by atoms with E-state index in [0.29, 0.717) is 37.8 Å². The van der Waals surface area contributed by atoms with Crippen LogP contribution in [0.3, 0.4) is 0 Å². The number of rotatable bonds is 8. The Morgan fingerprint density at radius 1 is 1.00 bits per heavy atom. The van der Waals surface area contributed by atoms with E-state index < -0.39 is 0 Å². The van der Waals surface area contributed by atoms with Crippen LogP contribution >= 0.6 is 0 Å². The number of aromatic nitrogens is 2. The summed E-state index contributed by atoms with van der Waals surface area (Å²) in [5.74, 6) is 0.879. The summed E-state index contributed by atoms with van der Waals surface area (Å²) in [7, 11) is 1.63. The Labute approximate surface area is 211 Å². The first kappa shape index (κ1) is 25.3. The van der Waals surface area contributed by atoms with Crippen LogP contribution in [0, 0.1) is 13.8 Å². The zero-order chi connectivity index (χ0) is 25.5. The van der Waals surface area contributed by atoms with Crippen LogP contribution in [0.5, 0.6) is 5.75 Å². The van der Waals surface area contributed by atoms with Gasteiger partial charge in [0.25, 0.3) is 5.91 Å². The van der Waals surface area contributed by atoms with Crippen LogP contribution in [0.4, 0.5) is 0 Å². The van der Waals surface area contributed by atoms with Crippen LogP contribution in [0.2, 0.25) is 0 Å². The summed E-state index contributed by atoms with van der Waals surface area (Å²) in [4.78, 5) is 38.5. The molecule has 1 saturated heterocycles. The van der Waals surface area contributed by atoms with Crippen molar-refractivity contribution in [3.8, 4) is 5.75 Å². The fraction of sp³-hybridized carbons (Fsp3) is 0.357. The van der Waals surface area contributed by atoms with Crippen LogP contribution in [-0.4, -0.2) is 71.0 Å². The monoisotopic (exact) mass is 488 g/mol. The molecule has 2 heterocycles. The molecule has 188 valence electrons. The van der Waals surface area contributed by atoms with Gasteiger partial charge in [-0.25, -0.2) is 9.97 Å². The molecule has 0 spiro atoms. The molecule has 8 heteroatoms. The van der Waals surface area contributed by atoms with E-state index in [2.05, 4.69) is 22.1 Å². The minimum absolute atomic E-state index is 0.0191. The van der Waals surface area contributed by atoms with Gasteiger partial charge in [0.2, 0.25) is 5.91 Å². The van der Waals surface area contributed by atoms with Gasteiger partial charge in [0.05, 0.1) is 19.8 Å². The molecule has 1 atom stereocenters. The Bertz CT molecular complexity index is 1180. The zero-order valence-electron chi connectivity index (χ0n) is 21.0. The molecule has 0 N–H and O–H groups in total. The molecule has 3 aromatic rings. The summed E-state index contributed by atoms with van der Waals surface area (Å²) in [6, 6.07) is 19.4. The maximum absolute atomic E-state index is 13.4. The van der Waals surface area contributed by atoms with E-state index in [1.807, 2.05) is 49.4 Å². The molecule has 4 rings (SSSR count). The van der Waals surface area contributed by atoms with E-state index in [4.69, 9.17) is 9.47 Å². The van der Waals surface area contributed by atoms with Crippen LogP contribution in [0.15, 0.2) is 60.7 Å². The highest BCUT2D eigenvalue weighted by Crippen LogP contribution is 2.17. The summed E-state index contributed by atoms with van der Waals surface area (Å²) < 4.78 is 11.6. The molecule has 0 aliphatic carbocycles.